The predicted molar refractivity (Wildman–Crippen MR) is 420 cm³/mol. The second kappa shape index (κ2) is 47.1. The number of phenolic OH excluding ortho intramolecular Hbond substituents is 1. The molecular formula is C75H106N20O19S. The Kier molecular flexibility index (Phi) is 37.7. The van der Waals surface area contributed by atoms with E-state index in [0.29, 0.717) is 46.9 Å². The standard InChI is InChI=1S/C75H106N20O19S/c1-41(2)62(74(113)114)94-72(111)59-19-12-29-95(59)73(112)53(17-9-10-27-76)85-60(99)37-83-64(103)56(33-44-35-82-49-16-8-7-15-47(44)49)91-65(104)50(18-11-28-81-75(78)79)86-68(107)55(31-42-13-5-4-6-14-42)90-70(109)57(34-45-36-80-40-84-45)92-66(105)51(24-25-61(100)101)87-67(106)52(26-30-115-3)88-71(110)58(39-97)93-69(108)54(89-63(102)48(77)38-96)32-43-20-22-46(98)23-21-43/h4-8,13-16,20-23,35-36,40-41,48,50-59,62,82,96-98H,9-12,17-19,24-34,37-39,76-77H2,1-3H3,(H,80,84)(H,83,103)(H,85,99)(H,86,107)(H,87,106)(H,88,110)(H,89,102)(H,90,109)(H,91,104)(H,92,105)(H,93,108)(H,94,111)(H,100,101)(H,113,114)(H4,78,79,81). The molecule has 2 aromatic heterocycles. The Bertz CT molecular complexity index is 4120. The van der Waals surface area contributed by atoms with Gasteiger partial charge in [-0.3, -0.25) is 67.7 Å². The topological polar surface area (TPSA) is 634 Å². The fourth-order valence-electron chi connectivity index (χ4n) is 12.5. The minimum absolute atomic E-state index is 0.00419. The summed E-state index contributed by atoms with van der Waals surface area (Å²) in [4.78, 5) is 207. The number of aromatic hydroxyl groups is 1. The minimum Gasteiger partial charge on any atom is -0.508 e. The molecule has 12 atom stereocenters. The van der Waals surface area contributed by atoms with Crippen LogP contribution in [0.2, 0.25) is 0 Å². The molecule has 12 unspecified atom stereocenters. The average molecular weight is 1620 g/mol. The number of likely N-dealkylation sites (tertiary alicyclic amines) is 1. The molecule has 5 aromatic rings. The number of nitrogens with zero attached hydrogens (tertiary/aromatic N) is 2. The van der Waals surface area contributed by atoms with Crippen molar-refractivity contribution in [3.63, 3.8) is 0 Å². The van der Waals surface area contributed by atoms with Crippen LogP contribution in [0.15, 0.2) is 97.6 Å². The molecule has 1 fully saturated rings. The van der Waals surface area contributed by atoms with Gasteiger partial charge >= 0.3 is 11.9 Å². The number of fused-ring (bicyclic) bond motifs is 1. The number of rotatable bonds is 49. The van der Waals surface area contributed by atoms with Gasteiger partial charge in [-0.25, -0.2) is 9.78 Å². The highest BCUT2D eigenvalue weighted by Gasteiger charge is 2.41. The van der Waals surface area contributed by atoms with Crippen molar-refractivity contribution in [2.24, 2.45) is 23.1 Å². The molecule has 1 saturated heterocycles. The van der Waals surface area contributed by atoms with Gasteiger partial charge in [-0.05, 0) is 117 Å². The number of nitrogens with two attached hydrogens (primary N) is 3. The number of carboxylic acids is 2. The fourth-order valence-corrected chi connectivity index (χ4v) is 13.0. The van der Waals surface area contributed by atoms with Gasteiger partial charge in [0.15, 0.2) is 5.96 Å². The van der Waals surface area contributed by atoms with Crippen LogP contribution in [0.4, 0.5) is 0 Å². The second-order valence-electron chi connectivity index (χ2n) is 27.9. The second-order valence-corrected chi connectivity index (χ2v) is 28.9. The van der Waals surface area contributed by atoms with Crippen molar-refractivity contribution in [2.45, 2.75) is 176 Å². The Morgan fingerprint density at radius 2 is 1.13 bits per heavy atom. The molecule has 12 amide bonds. The summed E-state index contributed by atoms with van der Waals surface area (Å²) in [6.07, 6.45) is 4.69. The van der Waals surface area contributed by atoms with Crippen LogP contribution >= 0.6 is 11.8 Å². The SMILES string of the molecule is CSCCC(NC(=O)C(CO)NC(=O)C(Cc1ccc(O)cc1)NC(=O)C(N)CO)C(=O)NC(CCC(=O)O)C(=O)NC(Cc1c[nH]cn1)C(=O)NC(Cc1ccccc1)C(=O)NC(CCCNC(=N)N)C(=O)NC(Cc1c[nH]c2ccccc12)C(=O)NCC(=O)NC(CCCCN)C(=O)N1CCCC1C(=O)NC(C(=O)O)C(C)C. The lowest BCUT2D eigenvalue weighted by Crippen LogP contribution is -2.61. The lowest BCUT2D eigenvalue weighted by molar-refractivity contribution is -0.145. The van der Waals surface area contributed by atoms with Gasteiger partial charge in [-0.15, -0.1) is 0 Å². The molecule has 0 aliphatic carbocycles. The molecule has 0 radical (unpaired) electrons. The molecule has 0 spiro atoms. The number of hydrogen-bond acceptors (Lipinski definition) is 22. The van der Waals surface area contributed by atoms with Gasteiger partial charge in [0.2, 0.25) is 70.9 Å². The smallest absolute Gasteiger partial charge is 0.326 e. The summed E-state index contributed by atoms with van der Waals surface area (Å²) in [5, 5.41) is 88.7. The Morgan fingerprint density at radius 3 is 1.70 bits per heavy atom. The molecule has 626 valence electrons. The first-order valence-electron chi connectivity index (χ1n) is 37.6. The van der Waals surface area contributed by atoms with Crippen LogP contribution in [0.1, 0.15) is 100 Å². The first-order valence-corrected chi connectivity index (χ1v) is 39.0. The number of aliphatic hydroxyl groups excluding tert-OH is 2. The van der Waals surface area contributed by atoms with Crippen molar-refractivity contribution >= 4 is 111 Å². The van der Waals surface area contributed by atoms with Gasteiger partial charge in [0, 0.05) is 68.5 Å². The first kappa shape index (κ1) is 92.1. The van der Waals surface area contributed by atoms with Crippen LogP contribution in [-0.2, 0) is 92.8 Å². The number of aliphatic carboxylic acids is 2. The number of phenols is 1. The van der Waals surface area contributed by atoms with E-state index in [1.54, 1.807) is 80.9 Å². The quantitative estimate of drug-likeness (QED) is 0.00999. The Labute approximate surface area is 666 Å². The Balaban J connectivity index is 1.25. The molecule has 1 aliphatic rings. The molecule has 115 heavy (non-hydrogen) atoms. The third-order valence-electron chi connectivity index (χ3n) is 18.8. The van der Waals surface area contributed by atoms with E-state index >= 15 is 14.4 Å². The van der Waals surface area contributed by atoms with Gasteiger partial charge in [-0.1, -0.05) is 74.5 Å². The number of aliphatic hydroxyl groups is 2. The van der Waals surface area contributed by atoms with E-state index in [1.165, 1.54) is 53.5 Å². The van der Waals surface area contributed by atoms with Crippen molar-refractivity contribution in [1.82, 2.24) is 83.7 Å². The zero-order valence-corrected chi connectivity index (χ0v) is 64.9. The van der Waals surface area contributed by atoms with Gasteiger partial charge in [0.05, 0.1) is 31.8 Å². The lowest BCUT2D eigenvalue weighted by Gasteiger charge is -2.30. The summed E-state index contributed by atoms with van der Waals surface area (Å²) < 4.78 is 0. The number of para-hydroxylation sites is 1. The third kappa shape index (κ3) is 29.9. The number of nitrogens with one attached hydrogen (secondary N) is 15. The van der Waals surface area contributed by atoms with E-state index in [0.717, 1.165) is 0 Å². The third-order valence-corrected chi connectivity index (χ3v) is 19.5. The summed E-state index contributed by atoms with van der Waals surface area (Å²) in [7, 11) is 0. The van der Waals surface area contributed by atoms with E-state index in [9.17, 15) is 78.3 Å². The largest absolute Gasteiger partial charge is 0.508 e. The van der Waals surface area contributed by atoms with Crippen LogP contribution in [-0.4, -0.2) is 258 Å². The Morgan fingerprint density at radius 1 is 0.591 bits per heavy atom. The maximum atomic E-state index is 15.1. The van der Waals surface area contributed by atoms with Crippen molar-refractivity contribution in [3.8, 4) is 5.75 Å². The van der Waals surface area contributed by atoms with Crippen LogP contribution in [0.5, 0.6) is 5.75 Å². The van der Waals surface area contributed by atoms with Crippen molar-refractivity contribution in [2.75, 3.05) is 51.4 Å². The molecular weight excluding hydrogens is 1520 g/mol. The number of aromatic amines is 2. The van der Waals surface area contributed by atoms with Crippen LogP contribution in [0, 0.1) is 11.3 Å². The summed E-state index contributed by atoms with van der Waals surface area (Å²) in [5.41, 5.74) is 19.4. The number of carbonyl (C=O) groups is 14. The van der Waals surface area contributed by atoms with Crippen LogP contribution < -0.4 is 81.0 Å². The lowest BCUT2D eigenvalue weighted by atomic mass is 10.0. The summed E-state index contributed by atoms with van der Waals surface area (Å²) in [6.45, 7) is 1.02. The highest BCUT2D eigenvalue weighted by molar-refractivity contribution is 7.98. The normalized spacial score (nSPS) is 15.4. The van der Waals surface area contributed by atoms with Crippen LogP contribution in [0.3, 0.4) is 0 Å². The molecule has 26 N–H and O–H groups in total. The molecule has 6 rings (SSSR count). The van der Waals surface area contributed by atoms with Gasteiger partial charge in [0.1, 0.15) is 78.3 Å². The summed E-state index contributed by atoms with van der Waals surface area (Å²) in [5.74, 6) is -14.8. The number of carbonyl (C=O) groups excluding carboxylic acids is 12. The number of guanidine groups is 1. The minimum atomic E-state index is -1.80. The summed E-state index contributed by atoms with van der Waals surface area (Å²) >= 11 is 1.24. The van der Waals surface area contributed by atoms with Crippen molar-refractivity contribution in [1.29, 1.82) is 5.41 Å². The highest BCUT2D eigenvalue weighted by atomic mass is 32.2. The van der Waals surface area contributed by atoms with E-state index in [1.807, 2.05) is 0 Å². The number of aromatic nitrogens is 3. The highest BCUT2D eigenvalue weighted by Crippen LogP contribution is 2.23. The van der Waals surface area contributed by atoms with Crippen molar-refractivity contribution in [3.05, 3.63) is 120 Å². The van der Waals surface area contributed by atoms with E-state index in [-0.39, 0.29) is 88.2 Å². The molecule has 40 heteroatoms. The van der Waals surface area contributed by atoms with Crippen molar-refractivity contribution < 1.29 is 92.7 Å². The zero-order chi connectivity index (χ0) is 84.3. The van der Waals surface area contributed by atoms with Crippen LogP contribution in [0.25, 0.3) is 10.9 Å². The zero-order valence-electron chi connectivity index (χ0n) is 64.1. The fraction of sp³-hybridized carbons (Fsp3) is 0.493. The molecule has 3 aromatic carbocycles. The number of unbranched alkanes of at least 4 members (excludes halogenated alkanes) is 1. The molecule has 39 nitrogen and oxygen atoms in total. The van der Waals surface area contributed by atoms with E-state index in [2.05, 4.69) is 78.8 Å². The molecule has 0 bridgehead atoms. The van der Waals surface area contributed by atoms with E-state index in [4.69, 9.17) is 22.6 Å². The first-order chi connectivity index (χ1) is 54.9. The number of carboxylic acid groups (broad SMARTS) is 2. The number of thioether (sulfide) groups is 1. The van der Waals surface area contributed by atoms with Gasteiger partial charge in [-0.2, -0.15) is 11.8 Å². The number of H-pyrrole nitrogens is 2. The monoisotopic (exact) mass is 1620 g/mol. The predicted octanol–water partition coefficient (Wildman–Crippen LogP) is -4.11. The molecule has 3 heterocycles. The van der Waals surface area contributed by atoms with E-state index < -0.39 is 206 Å². The number of hydrogen-bond donors (Lipinski definition) is 23. The Hall–Kier alpha value is -11.8. The van der Waals surface area contributed by atoms with Gasteiger partial charge in [0.25, 0.3) is 0 Å². The average Bonchev–Trinajstić information content (AvgIpc) is 1.39. The molecule has 0 saturated carbocycles. The summed E-state index contributed by atoms with van der Waals surface area (Å²) in [6, 6.07) is 2.93. The maximum Gasteiger partial charge on any atom is 0.326 e. The number of imidazole rings is 1. The molecule has 1 aliphatic heterocycles. The van der Waals surface area contributed by atoms with Gasteiger partial charge < -0.3 is 121 Å². The number of amides is 12. The number of benzene rings is 3. The maximum absolute atomic E-state index is 15.1.